The van der Waals surface area contributed by atoms with E-state index in [4.69, 9.17) is 16.3 Å². The van der Waals surface area contributed by atoms with Crippen LogP contribution in [0.2, 0.25) is 5.02 Å². The van der Waals surface area contributed by atoms with E-state index in [0.29, 0.717) is 16.3 Å². The third-order valence-corrected chi connectivity index (χ3v) is 4.35. The van der Waals surface area contributed by atoms with E-state index in [1.54, 1.807) is 39.0 Å². The number of anilines is 1. The van der Waals surface area contributed by atoms with Crippen molar-refractivity contribution >= 4 is 58.4 Å². The van der Waals surface area contributed by atoms with Crippen molar-refractivity contribution in [1.29, 1.82) is 0 Å². The van der Waals surface area contributed by atoms with Crippen LogP contribution in [0, 0.1) is 0 Å². The first kappa shape index (κ1) is 22.4. The summed E-state index contributed by atoms with van der Waals surface area (Å²) >= 11 is 7.13. The van der Waals surface area contributed by atoms with Gasteiger partial charge in [0.2, 0.25) is 0 Å². The third-order valence-electron chi connectivity index (χ3n) is 3.12. The fraction of sp³-hybridized carbons (Fsp3) is 0.278. The van der Waals surface area contributed by atoms with Gasteiger partial charge in [-0.25, -0.2) is 9.59 Å². The Kier molecular flexibility index (Phi) is 7.40. The molecule has 0 spiro atoms. The van der Waals surface area contributed by atoms with Crippen molar-refractivity contribution in [2.24, 2.45) is 10.2 Å². The SMILES string of the molecule is COC(=O)/C=C1/S/C(=N\N=Cc2c(Cl)cccc2NC(=O)OC(C)(C)C)NC1=O. The fourth-order valence-electron chi connectivity index (χ4n) is 1.97. The number of nitrogens with one attached hydrogen (secondary N) is 2. The van der Waals surface area contributed by atoms with Gasteiger partial charge in [-0.2, -0.15) is 5.10 Å². The van der Waals surface area contributed by atoms with Crippen LogP contribution in [-0.4, -0.2) is 42.1 Å². The molecule has 2 rings (SSSR count). The molecule has 0 radical (unpaired) electrons. The van der Waals surface area contributed by atoms with Crippen LogP contribution in [-0.2, 0) is 19.1 Å². The summed E-state index contributed by atoms with van der Waals surface area (Å²) in [6.45, 7) is 5.25. The summed E-state index contributed by atoms with van der Waals surface area (Å²) in [5.74, 6) is -1.14. The molecule has 0 unspecified atom stereocenters. The number of nitrogens with zero attached hydrogens (tertiary/aromatic N) is 2. The fourth-order valence-corrected chi connectivity index (χ4v) is 2.93. The van der Waals surface area contributed by atoms with E-state index in [-0.39, 0.29) is 10.1 Å². The van der Waals surface area contributed by atoms with E-state index in [9.17, 15) is 14.4 Å². The molecule has 1 saturated heterocycles. The van der Waals surface area contributed by atoms with Crippen LogP contribution < -0.4 is 10.6 Å². The number of rotatable bonds is 4. The predicted octanol–water partition coefficient (Wildman–Crippen LogP) is 3.30. The lowest BCUT2D eigenvalue weighted by atomic mass is 10.2. The number of thioether (sulfide) groups is 1. The van der Waals surface area contributed by atoms with E-state index in [0.717, 1.165) is 17.8 Å². The van der Waals surface area contributed by atoms with Crippen molar-refractivity contribution < 1.29 is 23.9 Å². The second-order valence-electron chi connectivity index (χ2n) is 6.57. The molecule has 0 saturated carbocycles. The molecule has 0 aliphatic carbocycles. The maximum absolute atomic E-state index is 12.0. The highest BCUT2D eigenvalue weighted by atomic mass is 35.5. The lowest BCUT2D eigenvalue weighted by Crippen LogP contribution is -2.27. The average molecular weight is 439 g/mol. The quantitative estimate of drug-likeness (QED) is 0.322. The van der Waals surface area contributed by atoms with Crippen LogP contribution in [0.4, 0.5) is 10.5 Å². The van der Waals surface area contributed by atoms with E-state index in [1.165, 1.54) is 13.3 Å². The normalized spacial score (nSPS) is 16.9. The number of carbonyl (C=O) groups excluding carboxylic acids is 3. The number of halogens is 1. The van der Waals surface area contributed by atoms with Crippen molar-refractivity contribution in [2.75, 3.05) is 12.4 Å². The molecule has 1 fully saturated rings. The number of methoxy groups -OCH3 is 1. The molecule has 29 heavy (non-hydrogen) atoms. The highest BCUT2D eigenvalue weighted by Gasteiger charge is 2.25. The molecule has 9 nitrogen and oxygen atoms in total. The smallest absolute Gasteiger partial charge is 0.412 e. The zero-order valence-electron chi connectivity index (χ0n) is 16.1. The van der Waals surface area contributed by atoms with Crippen molar-refractivity contribution in [3.05, 3.63) is 39.8 Å². The summed E-state index contributed by atoms with van der Waals surface area (Å²) in [7, 11) is 1.21. The Labute approximate surface area is 176 Å². The van der Waals surface area contributed by atoms with Crippen molar-refractivity contribution in [3.8, 4) is 0 Å². The van der Waals surface area contributed by atoms with E-state index < -0.39 is 23.6 Å². The molecular weight excluding hydrogens is 420 g/mol. The Morgan fingerprint density at radius 1 is 1.31 bits per heavy atom. The topological polar surface area (TPSA) is 118 Å². The molecule has 154 valence electrons. The summed E-state index contributed by atoms with van der Waals surface area (Å²) in [6, 6.07) is 4.92. The summed E-state index contributed by atoms with van der Waals surface area (Å²) < 4.78 is 9.71. The van der Waals surface area contributed by atoms with E-state index in [2.05, 4.69) is 25.6 Å². The Balaban J connectivity index is 2.16. The van der Waals surface area contributed by atoms with Crippen LogP contribution >= 0.6 is 23.4 Å². The van der Waals surface area contributed by atoms with Crippen LogP contribution in [0.5, 0.6) is 0 Å². The second kappa shape index (κ2) is 9.57. The zero-order valence-corrected chi connectivity index (χ0v) is 17.7. The average Bonchev–Trinajstić information content (AvgIpc) is 2.95. The molecular formula is C18H19ClN4O5S. The highest BCUT2D eigenvalue weighted by molar-refractivity contribution is 8.18. The first-order chi connectivity index (χ1) is 13.6. The van der Waals surface area contributed by atoms with Crippen molar-refractivity contribution in [3.63, 3.8) is 0 Å². The molecule has 0 aromatic heterocycles. The number of amidine groups is 1. The standard InChI is InChI=1S/C18H19ClN4O5S/c1-18(2,3)28-17(26)21-12-7-5-6-11(19)10(12)9-20-23-16-22-15(25)13(29-16)8-14(24)27-4/h5-9H,1-4H3,(H,21,26)(H,22,23,25)/b13-8+,20-9?. The van der Waals surface area contributed by atoms with Gasteiger partial charge < -0.3 is 9.47 Å². The van der Waals surface area contributed by atoms with Gasteiger partial charge in [0, 0.05) is 11.6 Å². The number of amides is 2. The molecule has 0 atom stereocenters. The molecule has 0 bridgehead atoms. The Bertz CT molecular complexity index is 921. The number of benzene rings is 1. The Morgan fingerprint density at radius 2 is 2.03 bits per heavy atom. The lowest BCUT2D eigenvalue weighted by molar-refractivity contribution is -0.135. The minimum Gasteiger partial charge on any atom is -0.466 e. The second-order valence-corrected chi connectivity index (χ2v) is 8.00. The number of esters is 1. The number of carbonyl (C=O) groups is 3. The number of hydrogen-bond donors (Lipinski definition) is 2. The van der Waals surface area contributed by atoms with Gasteiger partial charge in [-0.15, -0.1) is 5.10 Å². The summed E-state index contributed by atoms with van der Waals surface area (Å²) in [6.07, 6.45) is 1.75. The Morgan fingerprint density at radius 3 is 2.69 bits per heavy atom. The van der Waals surface area contributed by atoms with Gasteiger partial charge in [-0.05, 0) is 44.7 Å². The lowest BCUT2D eigenvalue weighted by Gasteiger charge is -2.20. The van der Waals surface area contributed by atoms with Gasteiger partial charge >= 0.3 is 12.1 Å². The monoisotopic (exact) mass is 438 g/mol. The molecule has 11 heteroatoms. The van der Waals surface area contributed by atoms with Gasteiger partial charge in [-0.3, -0.25) is 15.4 Å². The van der Waals surface area contributed by atoms with Crippen LogP contribution in [0.3, 0.4) is 0 Å². The van der Waals surface area contributed by atoms with E-state index in [1.807, 2.05) is 0 Å². The van der Waals surface area contributed by atoms with Crippen LogP contribution in [0.25, 0.3) is 0 Å². The molecule has 2 N–H and O–H groups in total. The first-order valence-electron chi connectivity index (χ1n) is 8.27. The van der Waals surface area contributed by atoms with Gasteiger partial charge in [0.05, 0.1) is 28.9 Å². The van der Waals surface area contributed by atoms with Gasteiger partial charge in [0.1, 0.15) is 5.60 Å². The largest absolute Gasteiger partial charge is 0.466 e. The number of hydrogen-bond acceptors (Lipinski definition) is 8. The van der Waals surface area contributed by atoms with Gasteiger partial charge in [0.25, 0.3) is 5.91 Å². The summed E-state index contributed by atoms with van der Waals surface area (Å²) in [5.41, 5.74) is 0.130. The third kappa shape index (κ3) is 6.91. The minimum absolute atomic E-state index is 0.135. The van der Waals surface area contributed by atoms with Gasteiger partial charge in [-0.1, -0.05) is 17.7 Å². The summed E-state index contributed by atoms with van der Waals surface area (Å²) in [4.78, 5) is 35.2. The molecule has 1 aliphatic heterocycles. The zero-order chi connectivity index (χ0) is 21.6. The highest BCUT2D eigenvalue weighted by Crippen LogP contribution is 2.25. The molecule has 1 aliphatic rings. The van der Waals surface area contributed by atoms with Crippen LogP contribution in [0.1, 0.15) is 26.3 Å². The first-order valence-corrected chi connectivity index (χ1v) is 9.47. The molecule has 1 heterocycles. The van der Waals surface area contributed by atoms with Crippen LogP contribution in [0.15, 0.2) is 39.4 Å². The Hall–Kier alpha value is -2.85. The molecule has 2 amide bonds. The molecule has 1 aromatic rings. The maximum Gasteiger partial charge on any atom is 0.412 e. The van der Waals surface area contributed by atoms with Crippen molar-refractivity contribution in [1.82, 2.24) is 5.32 Å². The number of ether oxygens (including phenoxy) is 2. The summed E-state index contributed by atoms with van der Waals surface area (Å²) in [5, 5.41) is 13.4. The van der Waals surface area contributed by atoms with Crippen molar-refractivity contribution in [2.45, 2.75) is 26.4 Å². The van der Waals surface area contributed by atoms with Gasteiger partial charge in [0.15, 0.2) is 5.17 Å². The minimum atomic E-state index is -0.657. The molecule has 1 aromatic carbocycles. The predicted molar refractivity (Wildman–Crippen MR) is 112 cm³/mol. The maximum atomic E-state index is 12.0. The van der Waals surface area contributed by atoms with E-state index >= 15 is 0 Å².